The summed E-state index contributed by atoms with van der Waals surface area (Å²) in [5.41, 5.74) is 0. The van der Waals surface area contributed by atoms with Crippen LogP contribution in [0.1, 0.15) is 58.8 Å². The fourth-order valence-corrected chi connectivity index (χ4v) is 3.34. The predicted molar refractivity (Wildman–Crippen MR) is 129 cm³/mol. The predicted octanol–water partition coefficient (Wildman–Crippen LogP) is 4.54. The van der Waals surface area contributed by atoms with E-state index < -0.39 is 17.9 Å². The van der Waals surface area contributed by atoms with E-state index in [-0.39, 0.29) is 32.2 Å². The molecule has 0 aromatic rings. The molecular formula is C25H41ClO8. The first-order valence-electron chi connectivity index (χ1n) is 12.3. The molecule has 0 saturated carbocycles. The normalized spacial score (nSPS) is 20.8. The molecule has 2 unspecified atom stereocenters. The lowest BCUT2D eigenvalue weighted by Crippen LogP contribution is -2.27. The quantitative estimate of drug-likeness (QED) is 0.156. The molecule has 2 aliphatic rings. The van der Waals surface area contributed by atoms with Crippen LogP contribution in [0.4, 0.5) is 0 Å². The maximum Gasteiger partial charge on any atom is 0.320 e. The van der Waals surface area contributed by atoms with Crippen LogP contribution in [0, 0.1) is 5.92 Å². The largest absolute Gasteiger partial charge is 0.465 e. The number of hydrogen-bond donors (Lipinski definition) is 0. The minimum absolute atomic E-state index is 0.0127. The van der Waals surface area contributed by atoms with Gasteiger partial charge in [-0.2, -0.15) is 0 Å². The van der Waals surface area contributed by atoms with Crippen molar-refractivity contribution in [1.82, 2.24) is 0 Å². The molecule has 0 spiro atoms. The van der Waals surface area contributed by atoms with Gasteiger partial charge < -0.3 is 28.4 Å². The van der Waals surface area contributed by atoms with Crippen molar-refractivity contribution in [2.75, 3.05) is 45.5 Å². The zero-order valence-electron chi connectivity index (χ0n) is 20.6. The van der Waals surface area contributed by atoms with E-state index in [1.807, 2.05) is 12.2 Å². The maximum atomic E-state index is 11.8. The maximum absolute atomic E-state index is 11.8. The van der Waals surface area contributed by atoms with Gasteiger partial charge >= 0.3 is 11.9 Å². The van der Waals surface area contributed by atoms with Crippen LogP contribution in [0.3, 0.4) is 0 Å². The molecule has 0 N–H and O–H groups in total. The number of alkyl halides is 1. The van der Waals surface area contributed by atoms with E-state index in [1.54, 1.807) is 26.0 Å². The number of halogens is 1. The number of ether oxygens (including phenoxy) is 6. The fraction of sp³-hybridized carbons (Fsp3) is 0.760. The molecule has 0 aromatic carbocycles. The van der Waals surface area contributed by atoms with Gasteiger partial charge in [-0.3, -0.25) is 9.59 Å². The highest BCUT2D eigenvalue weighted by Crippen LogP contribution is 2.15. The van der Waals surface area contributed by atoms with E-state index >= 15 is 0 Å². The van der Waals surface area contributed by atoms with Crippen molar-refractivity contribution in [1.29, 1.82) is 0 Å². The summed E-state index contributed by atoms with van der Waals surface area (Å²) in [6, 6.07) is 0. The monoisotopic (exact) mass is 504 g/mol. The number of carbonyl (C=O) groups is 2. The Balaban J connectivity index is 0.000000404. The molecule has 34 heavy (non-hydrogen) atoms. The van der Waals surface area contributed by atoms with Crippen molar-refractivity contribution in [3.05, 3.63) is 24.3 Å². The average molecular weight is 505 g/mol. The van der Waals surface area contributed by atoms with Gasteiger partial charge in [0.2, 0.25) is 0 Å². The van der Waals surface area contributed by atoms with Gasteiger partial charge in [0.25, 0.3) is 0 Å². The van der Waals surface area contributed by atoms with Crippen molar-refractivity contribution in [3.63, 3.8) is 0 Å². The molecule has 9 heteroatoms. The molecule has 2 aliphatic heterocycles. The summed E-state index contributed by atoms with van der Waals surface area (Å²) in [6.07, 6.45) is 13.9. The van der Waals surface area contributed by atoms with Crippen LogP contribution >= 0.6 is 11.6 Å². The number of allylic oxidation sites excluding steroid dienone is 2. The highest BCUT2D eigenvalue weighted by molar-refractivity contribution is 6.18. The third kappa shape index (κ3) is 14.7. The Labute approximate surface area is 208 Å². The zero-order valence-corrected chi connectivity index (χ0v) is 21.3. The zero-order chi connectivity index (χ0) is 24.9. The molecule has 196 valence electrons. The number of rotatable bonds is 13. The molecule has 0 amide bonds. The van der Waals surface area contributed by atoms with E-state index in [0.29, 0.717) is 19.1 Å². The second-order valence-electron chi connectivity index (χ2n) is 7.65. The molecular weight excluding hydrogens is 464 g/mol. The number of esters is 2. The summed E-state index contributed by atoms with van der Waals surface area (Å²) in [4.78, 5) is 23.5. The summed E-state index contributed by atoms with van der Waals surface area (Å²) < 4.78 is 31.6. The Morgan fingerprint density at radius 2 is 1.32 bits per heavy atom. The Kier molecular flexibility index (Phi) is 18.8. The molecule has 8 nitrogen and oxygen atoms in total. The molecule has 2 saturated heterocycles. The Morgan fingerprint density at radius 1 is 0.824 bits per heavy atom. The first-order valence-corrected chi connectivity index (χ1v) is 12.8. The molecule has 2 rings (SSSR count). The highest BCUT2D eigenvalue weighted by atomic mass is 35.5. The van der Waals surface area contributed by atoms with Gasteiger partial charge in [-0.25, -0.2) is 0 Å². The number of hydrogen-bond acceptors (Lipinski definition) is 8. The average Bonchev–Trinajstić information content (AvgIpc) is 2.86. The summed E-state index contributed by atoms with van der Waals surface area (Å²) in [5.74, 6) is -1.47. The molecule has 0 aliphatic carbocycles. The van der Waals surface area contributed by atoms with E-state index in [1.165, 1.54) is 6.42 Å². The smallest absolute Gasteiger partial charge is 0.320 e. The fourth-order valence-electron chi connectivity index (χ4n) is 3.22. The number of carbonyl (C=O) groups excluding carboxylic acids is 2. The summed E-state index contributed by atoms with van der Waals surface area (Å²) >= 11 is 5.45. The van der Waals surface area contributed by atoms with Crippen LogP contribution in [0.15, 0.2) is 24.3 Å². The van der Waals surface area contributed by atoms with Gasteiger partial charge in [0.1, 0.15) is 0 Å². The van der Waals surface area contributed by atoms with Crippen LogP contribution in [0.25, 0.3) is 0 Å². The summed E-state index contributed by atoms with van der Waals surface area (Å²) in [6.45, 7) is 6.45. The van der Waals surface area contributed by atoms with Crippen molar-refractivity contribution < 1.29 is 38.0 Å². The molecule has 0 radical (unpaired) electrons. The second-order valence-corrected chi connectivity index (χ2v) is 7.96. The van der Waals surface area contributed by atoms with Gasteiger partial charge in [-0.15, -0.1) is 11.6 Å². The van der Waals surface area contributed by atoms with Crippen molar-refractivity contribution in [2.45, 2.75) is 71.4 Å². The third-order valence-corrected chi connectivity index (χ3v) is 5.15. The molecule has 0 bridgehead atoms. The van der Waals surface area contributed by atoms with Crippen LogP contribution in [-0.4, -0.2) is 70.0 Å². The van der Waals surface area contributed by atoms with Crippen LogP contribution in [-0.2, 0) is 38.0 Å². The standard InChI is InChI=1S/C16H26O6.C9H15ClO2/c1-3-19-15(17)13(16(18)20-4-2)9-5-7-11-21-14-10-6-8-12-22-14;10-6-2-4-8-12-9-5-1-3-7-11-9/h5,7,13-14H,3-4,6,8-12H2,1-2H3;2,4,9H,1,3,5-8H2/b7-5-;4-2-. The van der Waals surface area contributed by atoms with Crippen LogP contribution in [0.2, 0.25) is 0 Å². The molecule has 2 atom stereocenters. The first-order chi connectivity index (χ1) is 16.6. The lowest BCUT2D eigenvalue weighted by atomic mass is 10.1. The van der Waals surface area contributed by atoms with Crippen LogP contribution in [0.5, 0.6) is 0 Å². The molecule has 2 heterocycles. The molecule has 0 aromatic heterocycles. The van der Waals surface area contributed by atoms with Gasteiger partial charge in [0.15, 0.2) is 18.5 Å². The minimum atomic E-state index is -0.915. The topological polar surface area (TPSA) is 89.5 Å². The van der Waals surface area contributed by atoms with Crippen LogP contribution < -0.4 is 0 Å². The van der Waals surface area contributed by atoms with Gasteiger partial charge in [-0.05, 0) is 58.8 Å². The van der Waals surface area contributed by atoms with Crippen molar-refractivity contribution in [2.24, 2.45) is 5.92 Å². The van der Waals surface area contributed by atoms with Crippen molar-refractivity contribution >= 4 is 23.5 Å². The Morgan fingerprint density at radius 3 is 1.74 bits per heavy atom. The molecule has 2 fully saturated rings. The lowest BCUT2D eigenvalue weighted by Gasteiger charge is -2.21. The van der Waals surface area contributed by atoms with Crippen molar-refractivity contribution in [3.8, 4) is 0 Å². The van der Waals surface area contributed by atoms with Gasteiger partial charge in [0, 0.05) is 19.1 Å². The summed E-state index contributed by atoms with van der Waals surface area (Å²) in [7, 11) is 0. The Bertz CT molecular complexity index is 565. The van der Waals surface area contributed by atoms with Gasteiger partial charge in [-0.1, -0.05) is 24.3 Å². The third-order valence-electron chi connectivity index (χ3n) is 4.97. The minimum Gasteiger partial charge on any atom is -0.465 e. The van der Waals surface area contributed by atoms with E-state index in [4.69, 9.17) is 40.0 Å². The van der Waals surface area contributed by atoms with E-state index in [9.17, 15) is 9.59 Å². The van der Waals surface area contributed by atoms with E-state index in [2.05, 4.69) is 0 Å². The lowest BCUT2D eigenvalue weighted by molar-refractivity contribution is -0.161. The second kappa shape index (κ2) is 20.9. The SMILES string of the molecule is CCOC(=O)C(C/C=C\COC1CCCCO1)C(=O)OCC.ClC/C=C\COC1CCCCO1. The van der Waals surface area contributed by atoms with E-state index in [0.717, 1.165) is 45.3 Å². The Hall–Kier alpha value is -1.45. The highest BCUT2D eigenvalue weighted by Gasteiger charge is 2.28. The summed E-state index contributed by atoms with van der Waals surface area (Å²) in [5, 5.41) is 0. The van der Waals surface area contributed by atoms with Gasteiger partial charge in [0.05, 0.1) is 26.4 Å². The first kappa shape index (κ1) is 30.6.